The van der Waals surface area contributed by atoms with Crippen LogP contribution in [0.4, 0.5) is 5.69 Å². The summed E-state index contributed by atoms with van der Waals surface area (Å²) in [4.78, 5) is 25.6. The molecule has 0 atom stereocenters. The molecule has 144 valence electrons. The molecule has 2 aromatic carbocycles. The summed E-state index contributed by atoms with van der Waals surface area (Å²) >= 11 is 6.19. The average molecular weight is 389 g/mol. The lowest BCUT2D eigenvalue weighted by molar-refractivity contribution is -0.118. The maximum absolute atomic E-state index is 12.2. The van der Waals surface area contributed by atoms with Gasteiger partial charge in [-0.3, -0.25) is 9.59 Å². The third-order valence-electron chi connectivity index (χ3n) is 4.09. The molecule has 0 saturated carbocycles. The molecule has 0 fully saturated rings. The van der Waals surface area contributed by atoms with E-state index in [0.29, 0.717) is 22.0 Å². The van der Waals surface area contributed by atoms with E-state index in [1.807, 2.05) is 32.9 Å². The molecule has 0 heterocycles. The minimum absolute atomic E-state index is 0.0875. The molecule has 5 nitrogen and oxygen atoms in total. The molecule has 0 spiro atoms. The number of nitrogens with zero attached hydrogens (tertiary/aromatic N) is 1. The second-order valence-electron chi connectivity index (χ2n) is 6.91. The molecule has 0 unspecified atom stereocenters. The zero-order chi connectivity index (χ0) is 20.1. The highest BCUT2D eigenvalue weighted by atomic mass is 35.5. The van der Waals surface area contributed by atoms with Crippen molar-refractivity contribution in [3.8, 4) is 5.75 Å². The Balaban J connectivity index is 2.01. The Labute approximate surface area is 165 Å². The van der Waals surface area contributed by atoms with Crippen LogP contribution >= 0.6 is 11.6 Å². The fraction of sp³-hybridized carbons (Fsp3) is 0.333. The molecule has 2 rings (SSSR count). The summed E-state index contributed by atoms with van der Waals surface area (Å²) in [5, 5.41) is 3.45. The van der Waals surface area contributed by atoms with Gasteiger partial charge in [-0.2, -0.15) is 0 Å². The summed E-state index contributed by atoms with van der Waals surface area (Å²) in [5.41, 5.74) is 3.03. The number of aryl methyl sites for hydroxylation is 1. The Morgan fingerprint density at radius 1 is 1.15 bits per heavy atom. The minimum atomic E-state index is -0.274. The van der Waals surface area contributed by atoms with Gasteiger partial charge in [0, 0.05) is 30.4 Å². The largest absolute Gasteiger partial charge is 0.483 e. The van der Waals surface area contributed by atoms with Gasteiger partial charge in [-0.15, -0.1) is 0 Å². The van der Waals surface area contributed by atoms with Gasteiger partial charge >= 0.3 is 0 Å². The van der Waals surface area contributed by atoms with E-state index in [4.69, 9.17) is 16.3 Å². The lowest BCUT2D eigenvalue weighted by atomic mass is 10.0. The number of rotatable bonds is 6. The molecule has 0 aromatic heterocycles. The quantitative estimate of drug-likeness (QED) is 0.793. The van der Waals surface area contributed by atoms with Gasteiger partial charge in [0.15, 0.2) is 6.61 Å². The molecule has 0 saturated heterocycles. The first-order valence-corrected chi connectivity index (χ1v) is 9.11. The predicted molar refractivity (Wildman–Crippen MR) is 109 cm³/mol. The molecule has 27 heavy (non-hydrogen) atoms. The standard InChI is InChI=1S/C21H25ClN2O3/c1-13(2)17-11-18(22)14(3)10-19(17)27-12-20(25)23-16-8-6-15(7-9-16)21(26)24(4)5/h6-11,13H,12H2,1-5H3,(H,23,25). The summed E-state index contributed by atoms with van der Waals surface area (Å²) < 4.78 is 5.73. The molecule has 0 radical (unpaired) electrons. The van der Waals surface area contributed by atoms with Crippen molar-refractivity contribution < 1.29 is 14.3 Å². The van der Waals surface area contributed by atoms with Crippen molar-refractivity contribution in [1.29, 1.82) is 0 Å². The van der Waals surface area contributed by atoms with Gasteiger partial charge in [-0.05, 0) is 60.4 Å². The second-order valence-corrected chi connectivity index (χ2v) is 7.31. The van der Waals surface area contributed by atoms with Crippen molar-refractivity contribution >= 4 is 29.1 Å². The van der Waals surface area contributed by atoms with E-state index in [9.17, 15) is 9.59 Å². The SMILES string of the molecule is Cc1cc(OCC(=O)Nc2ccc(C(=O)N(C)C)cc2)c(C(C)C)cc1Cl. The van der Waals surface area contributed by atoms with Crippen LogP contribution in [0.2, 0.25) is 5.02 Å². The molecule has 0 bridgehead atoms. The monoisotopic (exact) mass is 388 g/mol. The van der Waals surface area contributed by atoms with Gasteiger partial charge in [0.2, 0.25) is 0 Å². The molecule has 0 aliphatic rings. The van der Waals surface area contributed by atoms with Crippen LogP contribution in [0, 0.1) is 6.92 Å². The van der Waals surface area contributed by atoms with Crippen molar-refractivity contribution in [3.63, 3.8) is 0 Å². The molecule has 0 aliphatic carbocycles. The fourth-order valence-electron chi connectivity index (χ4n) is 2.54. The number of carbonyl (C=O) groups excluding carboxylic acids is 2. The lowest BCUT2D eigenvalue weighted by Crippen LogP contribution is -2.22. The maximum Gasteiger partial charge on any atom is 0.262 e. The third kappa shape index (κ3) is 5.47. The van der Waals surface area contributed by atoms with Crippen LogP contribution in [0.5, 0.6) is 5.75 Å². The Hall–Kier alpha value is -2.53. The van der Waals surface area contributed by atoms with Crippen LogP contribution < -0.4 is 10.1 Å². The maximum atomic E-state index is 12.2. The Morgan fingerprint density at radius 2 is 1.78 bits per heavy atom. The van der Waals surface area contributed by atoms with E-state index in [1.165, 1.54) is 4.90 Å². The topological polar surface area (TPSA) is 58.6 Å². The fourth-order valence-corrected chi connectivity index (χ4v) is 2.71. The number of hydrogen-bond donors (Lipinski definition) is 1. The average Bonchev–Trinajstić information content (AvgIpc) is 2.62. The number of amides is 2. The first kappa shape index (κ1) is 20.8. The Morgan fingerprint density at radius 3 is 2.33 bits per heavy atom. The predicted octanol–water partition coefficient (Wildman–Crippen LogP) is 4.49. The third-order valence-corrected chi connectivity index (χ3v) is 4.50. The normalized spacial score (nSPS) is 10.6. The molecular formula is C21H25ClN2O3. The summed E-state index contributed by atoms with van der Waals surface area (Å²) in [6.07, 6.45) is 0. The van der Waals surface area contributed by atoms with E-state index in [1.54, 1.807) is 38.4 Å². The van der Waals surface area contributed by atoms with Crippen molar-refractivity contribution in [2.45, 2.75) is 26.7 Å². The summed E-state index contributed by atoms with van der Waals surface area (Å²) in [6, 6.07) is 10.5. The van der Waals surface area contributed by atoms with Crippen molar-refractivity contribution in [2.75, 3.05) is 26.0 Å². The number of benzene rings is 2. The Kier molecular flexibility index (Phi) is 6.86. The van der Waals surface area contributed by atoms with Gasteiger partial charge in [-0.25, -0.2) is 0 Å². The number of hydrogen-bond acceptors (Lipinski definition) is 3. The highest BCUT2D eigenvalue weighted by Gasteiger charge is 2.13. The molecule has 2 aromatic rings. The number of ether oxygens (including phenoxy) is 1. The van der Waals surface area contributed by atoms with Crippen LogP contribution in [-0.4, -0.2) is 37.4 Å². The van der Waals surface area contributed by atoms with Crippen LogP contribution in [0.15, 0.2) is 36.4 Å². The number of anilines is 1. The zero-order valence-electron chi connectivity index (χ0n) is 16.3. The number of carbonyl (C=O) groups is 2. The van der Waals surface area contributed by atoms with Gasteiger partial charge in [0.25, 0.3) is 11.8 Å². The number of nitrogens with one attached hydrogen (secondary N) is 1. The Bertz CT molecular complexity index is 830. The minimum Gasteiger partial charge on any atom is -0.483 e. The van der Waals surface area contributed by atoms with E-state index in [-0.39, 0.29) is 24.3 Å². The zero-order valence-corrected chi connectivity index (χ0v) is 17.1. The smallest absolute Gasteiger partial charge is 0.262 e. The summed E-state index contributed by atoms with van der Waals surface area (Å²) in [6.45, 7) is 5.88. The lowest BCUT2D eigenvalue weighted by Gasteiger charge is -2.16. The van der Waals surface area contributed by atoms with Crippen LogP contribution in [0.1, 0.15) is 41.3 Å². The van der Waals surface area contributed by atoms with Crippen LogP contribution in [0.3, 0.4) is 0 Å². The number of halogens is 1. The van der Waals surface area contributed by atoms with Crippen molar-refractivity contribution in [3.05, 3.63) is 58.1 Å². The summed E-state index contributed by atoms with van der Waals surface area (Å²) in [7, 11) is 3.39. The van der Waals surface area contributed by atoms with E-state index in [0.717, 1.165) is 11.1 Å². The highest BCUT2D eigenvalue weighted by molar-refractivity contribution is 6.31. The van der Waals surface area contributed by atoms with Crippen molar-refractivity contribution in [1.82, 2.24) is 4.90 Å². The van der Waals surface area contributed by atoms with E-state index >= 15 is 0 Å². The van der Waals surface area contributed by atoms with Crippen LogP contribution in [0.25, 0.3) is 0 Å². The van der Waals surface area contributed by atoms with E-state index < -0.39 is 0 Å². The molecule has 0 aliphatic heterocycles. The van der Waals surface area contributed by atoms with Gasteiger partial charge in [-0.1, -0.05) is 25.4 Å². The first-order chi connectivity index (χ1) is 12.7. The molecule has 2 amide bonds. The van der Waals surface area contributed by atoms with Gasteiger partial charge in [0.05, 0.1) is 0 Å². The van der Waals surface area contributed by atoms with E-state index in [2.05, 4.69) is 5.32 Å². The van der Waals surface area contributed by atoms with Gasteiger partial charge in [0.1, 0.15) is 5.75 Å². The second kappa shape index (κ2) is 8.91. The first-order valence-electron chi connectivity index (χ1n) is 8.73. The van der Waals surface area contributed by atoms with Crippen molar-refractivity contribution in [2.24, 2.45) is 0 Å². The highest BCUT2D eigenvalue weighted by Crippen LogP contribution is 2.32. The molecular weight excluding hydrogens is 364 g/mol. The molecule has 1 N–H and O–H groups in total. The summed E-state index contributed by atoms with van der Waals surface area (Å²) in [5.74, 6) is 0.524. The molecule has 6 heteroatoms. The van der Waals surface area contributed by atoms with Gasteiger partial charge < -0.3 is 15.0 Å². The van der Waals surface area contributed by atoms with Crippen LogP contribution in [-0.2, 0) is 4.79 Å².